The molecule has 0 aromatic heterocycles. The maximum atomic E-state index is 12.4. The van der Waals surface area contributed by atoms with Crippen molar-refractivity contribution >= 4 is 22.4 Å². The van der Waals surface area contributed by atoms with Crippen LogP contribution in [-0.4, -0.2) is 27.0 Å². The number of sulfonamides is 1. The number of nitrogens with one attached hydrogen (secondary N) is 2. The smallest absolute Gasteiger partial charge is 0.240 e. The first-order chi connectivity index (χ1) is 8.90. The monoisotopic (exact) mass is 318 g/mol. The van der Waals surface area contributed by atoms with Crippen LogP contribution >= 0.6 is 12.4 Å². The highest BCUT2D eigenvalue weighted by Crippen LogP contribution is 2.17. The molecule has 1 fully saturated rings. The van der Waals surface area contributed by atoms with Crippen LogP contribution in [0.3, 0.4) is 0 Å². The van der Waals surface area contributed by atoms with Gasteiger partial charge in [0.15, 0.2) is 0 Å². The largest absolute Gasteiger partial charge is 0.313 e. The van der Waals surface area contributed by atoms with E-state index in [1.165, 1.54) is 0 Å². The van der Waals surface area contributed by atoms with Crippen molar-refractivity contribution in [3.63, 3.8) is 0 Å². The number of piperidine rings is 1. The second-order valence-corrected chi connectivity index (χ2v) is 7.07. The fourth-order valence-corrected chi connectivity index (χ4v) is 3.79. The van der Waals surface area contributed by atoms with Gasteiger partial charge in [-0.3, -0.25) is 0 Å². The summed E-state index contributed by atoms with van der Waals surface area (Å²) in [6.07, 6.45) is 1.89. The van der Waals surface area contributed by atoms with E-state index in [-0.39, 0.29) is 24.5 Å². The number of halogens is 1. The van der Waals surface area contributed by atoms with E-state index >= 15 is 0 Å². The van der Waals surface area contributed by atoms with Gasteiger partial charge in [-0.25, -0.2) is 13.1 Å². The third-order valence-corrected chi connectivity index (χ3v) is 5.34. The Bertz CT molecular complexity index is 560. The van der Waals surface area contributed by atoms with E-state index < -0.39 is 10.0 Å². The van der Waals surface area contributed by atoms with Crippen LogP contribution in [0.2, 0.25) is 0 Å². The summed E-state index contributed by atoms with van der Waals surface area (Å²) in [4.78, 5) is 0.355. The summed E-state index contributed by atoms with van der Waals surface area (Å²) in [6, 6.07) is 5.41. The van der Waals surface area contributed by atoms with Gasteiger partial charge in [-0.15, -0.1) is 12.4 Å². The standard InChI is InChI=1S/C14H22N2O2S.ClH/c1-10-6-7-13(9-11(10)2)19(17,18)16-14-5-4-8-15-12(14)3;/h6-7,9,12,14-16H,4-5,8H2,1-3H3;1H. The highest BCUT2D eigenvalue weighted by atomic mass is 35.5. The first-order valence-electron chi connectivity index (χ1n) is 6.73. The van der Waals surface area contributed by atoms with E-state index in [1.54, 1.807) is 12.1 Å². The van der Waals surface area contributed by atoms with Gasteiger partial charge in [0.1, 0.15) is 0 Å². The molecule has 0 saturated carbocycles. The molecule has 1 saturated heterocycles. The maximum absolute atomic E-state index is 12.4. The van der Waals surface area contributed by atoms with E-state index in [2.05, 4.69) is 10.0 Å². The van der Waals surface area contributed by atoms with Gasteiger partial charge in [-0.05, 0) is 63.4 Å². The molecule has 0 aliphatic carbocycles. The van der Waals surface area contributed by atoms with Crippen molar-refractivity contribution < 1.29 is 8.42 Å². The summed E-state index contributed by atoms with van der Waals surface area (Å²) < 4.78 is 27.6. The van der Waals surface area contributed by atoms with Crippen molar-refractivity contribution in [3.8, 4) is 0 Å². The van der Waals surface area contributed by atoms with Crippen molar-refractivity contribution in [1.82, 2.24) is 10.0 Å². The number of benzene rings is 1. The molecule has 1 aromatic rings. The predicted octanol–water partition coefficient (Wildman–Crippen LogP) is 2.14. The van der Waals surface area contributed by atoms with Crippen molar-refractivity contribution in [2.45, 2.75) is 50.6 Å². The van der Waals surface area contributed by atoms with Gasteiger partial charge in [-0.1, -0.05) is 6.07 Å². The number of aryl methyl sites for hydroxylation is 2. The van der Waals surface area contributed by atoms with E-state index in [0.717, 1.165) is 30.5 Å². The van der Waals surface area contributed by atoms with Gasteiger partial charge in [0.25, 0.3) is 0 Å². The first-order valence-corrected chi connectivity index (χ1v) is 8.21. The summed E-state index contributed by atoms with van der Waals surface area (Å²) in [6.45, 7) is 6.89. The molecule has 2 atom stereocenters. The van der Waals surface area contributed by atoms with E-state index in [1.807, 2.05) is 26.8 Å². The molecule has 6 heteroatoms. The quantitative estimate of drug-likeness (QED) is 0.897. The second-order valence-electron chi connectivity index (χ2n) is 5.36. The number of hydrogen-bond donors (Lipinski definition) is 2. The van der Waals surface area contributed by atoms with Crippen LogP contribution < -0.4 is 10.0 Å². The molecular formula is C14H23ClN2O2S. The fourth-order valence-electron chi connectivity index (χ4n) is 2.35. The SMILES string of the molecule is Cc1ccc(S(=O)(=O)NC2CCCNC2C)cc1C.Cl. The maximum Gasteiger partial charge on any atom is 0.240 e. The third-order valence-electron chi connectivity index (χ3n) is 3.86. The molecular weight excluding hydrogens is 296 g/mol. The number of hydrogen-bond acceptors (Lipinski definition) is 3. The van der Waals surface area contributed by atoms with Gasteiger partial charge in [0.2, 0.25) is 10.0 Å². The van der Waals surface area contributed by atoms with Gasteiger partial charge < -0.3 is 5.32 Å². The minimum absolute atomic E-state index is 0. The first kappa shape index (κ1) is 17.4. The zero-order chi connectivity index (χ0) is 14.0. The molecule has 4 nitrogen and oxygen atoms in total. The van der Waals surface area contributed by atoms with Crippen molar-refractivity contribution in [3.05, 3.63) is 29.3 Å². The Kier molecular flexibility index (Phi) is 6.01. The lowest BCUT2D eigenvalue weighted by atomic mass is 10.0. The summed E-state index contributed by atoms with van der Waals surface area (Å²) >= 11 is 0. The molecule has 2 unspecified atom stereocenters. The van der Waals surface area contributed by atoms with Gasteiger partial charge in [0, 0.05) is 12.1 Å². The molecule has 0 radical (unpaired) electrons. The lowest BCUT2D eigenvalue weighted by Crippen LogP contribution is -2.51. The summed E-state index contributed by atoms with van der Waals surface area (Å²) in [5.41, 5.74) is 2.10. The van der Waals surface area contributed by atoms with Crippen LogP contribution in [-0.2, 0) is 10.0 Å². The van der Waals surface area contributed by atoms with Crippen molar-refractivity contribution in [2.24, 2.45) is 0 Å². The molecule has 0 bridgehead atoms. The lowest BCUT2D eigenvalue weighted by molar-refractivity contribution is 0.349. The zero-order valence-electron chi connectivity index (χ0n) is 12.1. The highest BCUT2D eigenvalue weighted by molar-refractivity contribution is 7.89. The Hall–Kier alpha value is -0.620. The predicted molar refractivity (Wildman–Crippen MR) is 84.0 cm³/mol. The zero-order valence-corrected chi connectivity index (χ0v) is 13.8. The Balaban J connectivity index is 0.00000200. The molecule has 2 rings (SSSR count). The topological polar surface area (TPSA) is 58.2 Å². The average molecular weight is 319 g/mol. The molecule has 20 heavy (non-hydrogen) atoms. The Labute approximate surface area is 127 Å². The van der Waals surface area contributed by atoms with Crippen LogP contribution in [0, 0.1) is 13.8 Å². The van der Waals surface area contributed by atoms with Crippen molar-refractivity contribution in [1.29, 1.82) is 0 Å². The molecule has 1 aliphatic rings. The van der Waals surface area contributed by atoms with Crippen LogP contribution in [0.4, 0.5) is 0 Å². The Morgan fingerprint density at radius 2 is 1.95 bits per heavy atom. The lowest BCUT2D eigenvalue weighted by Gasteiger charge is -2.30. The van der Waals surface area contributed by atoms with Crippen molar-refractivity contribution in [2.75, 3.05) is 6.54 Å². The van der Waals surface area contributed by atoms with Crippen LogP contribution in [0.5, 0.6) is 0 Å². The molecule has 0 amide bonds. The van der Waals surface area contributed by atoms with E-state index in [9.17, 15) is 8.42 Å². The Morgan fingerprint density at radius 1 is 1.25 bits per heavy atom. The molecule has 114 valence electrons. The normalized spacial score (nSPS) is 23.1. The van der Waals surface area contributed by atoms with E-state index in [4.69, 9.17) is 0 Å². The fraction of sp³-hybridized carbons (Fsp3) is 0.571. The van der Waals surface area contributed by atoms with Crippen LogP contribution in [0.15, 0.2) is 23.1 Å². The minimum atomic E-state index is -3.42. The summed E-state index contributed by atoms with van der Waals surface area (Å²) in [5, 5.41) is 3.30. The van der Waals surface area contributed by atoms with E-state index in [0.29, 0.717) is 4.90 Å². The molecule has 1 aliphatic heterocycles. The molecule has 0 spiro atoms. The number of rotatable bonds is 3. The van der Waals surface area contributed by atoms with Crippen LogP contribution in [0.25, 0.3) is 0 Å². The molecule has 1 heterocycles. The summed E-state index contributed by atoms with van der Waals surface area (Å²) in [7, 11) is -3.42. The Morgan fingerprint density at radius 3 is 2.55 bits per heavy atom. The minimum Gasteiger partial charge on any atom is -0.313 e. The second kappa shape index (κ2) is 6.89. The van der Waals surface area contributed by atoms with Gasteiger partial charge in [-0.2, -0.15) is 0 Å². The molecule has 1 aromatic carbocycles. The highest BCUT2D eigenvalue weighted by Gasteiger charge is 2.26. The van der Waals surface area contributed by atoms with Gasteiger partial charge >= 0.3 is 0 Å². The third kappa shape index (κ3) is 3.95. The summed E-state index contributed by atoms with van der Waals surface area (Å²) in [5.74, 6) is 0. The average Bonchev–Trinajstić information content (AvgIpc) is 2.35. The van der Waals surface area contributed by atoms with Crippen LogP contribution in [0.1, 0.15) is 30.9 Å². The van der Waals surface area contributed by atoms with Gasteiger partial charge in [0.05, 0.1) is 4.90 Å². The molecule has 2 N–H and O–H groups in total.